The van der Waals surface area contributed by atoms with Gasteiger partial charge in [-0.25, -0.2) is 20.0 Å². The molecular formula is C8H12N6. The van der Waals surface area contributed by atoms with Crippen LogP contribution in [0.15, 0.2) is 20.0 Å². The van der Waals surface area contributed by atoms with Crippen molar-refractivity contribution >= 4 is 24.2 Å². The van der Waals surface area contributed by atoms with Crippen LogP contribution in [-0.2, 0) is 0 Å². The molecule has 2 rings (SSSR count). The summed E-state index contributed by atoms with van der Waals surface area (Å²) in [4.78, 5) is 16.2. The summed E-state index contributed by atoms with van der Waals surface area (Å²) in [7, 11) is 0. The molecule has 4 N–H and O–H groups in total. The molecule has 1 atom stereocenters. The van der Waals surface area contributed by atoms with E-state index in [2.05, 4.69) is 20.0 Å². The Balaban J connectivity index is 2.21. The van der Waals surface area contributed by atoms with Crippen molar-refractivity contribution in [3.8, 4) is 0 Å². The second kappa shape index (κ2) is 3.39. The summed E-state index contributed by atoms with van der Waals surface area (Å²) < 4.78 is 0. The molecule has 0 saturated heterocycles. The number of nitrogens with two attached hydrogens (primary N) is 2. The van der Waals surface area contributed by atoms with Crippen molar-refractivity contribution in [2.45, 2.75) is 18.5 Å². The molecule has 0 aromatic carbocycles. The fourth-order valence-corrected chi connectivity index (χ4v) is 1.46. The lowest BCUT2D eigenvalue weighted by Gasteiger charge is -2.26. The standard InChI is InChI=1S/C8H12N6/c9-3-1-2-8(10)6-7(12-4-11-6)13-5-14-8/h4-5H,1-3,9-10H2. The second-order valence-corrected chi connectivity index (χ2v) is 3.24. The van der Waals surface area contributed by atoms with Gasteiger partial charge in [0.05, 0.1) is 0 Å². The van der Waals surface area contributed by atoms with E-state index in [1.807, 2.05) is 0 Å². The van der Waals surface area contributed by atoms with Crippen molar-refractivity contribution in [3.05, 3.63) is 0 Å². The van der Waals surface area contributed by atoms with E-state index in [9.17, 15) is 0 Å². The molecule has 0 aromatic heterocycles. The first-order chi connectivity index (χ1) is 6.76. The average molecular weight is 192 g/mol. The van der Waals surface area contributed by atoms with E-state index in [0.717, 1.165) is 6.42 Å². The zero-order valence-electron chi connectivity index (χ0n) is 7.72. The Bertz CT molecular complexity index is 353. The van der Waals surface area contributed by atoms with Crippen LogP contribution < -0.4 is 11.5 Å². The fraction of sp³-hybridized carbons (Fsp3) is 0.500. The molecule has 0 radical (unpaired) electrons. The Morgan fingerprint density at radius 3 is 2.93 bits per heavy atom. The van der Waals surface area contributed by atoms with Crippen LogP contribution >= 0.6 is 0 Å². The van der Waals surface area contributed by atoms with Gasteiger partial charge in [0, 0.05) is 0 Å². The molecule has 0 saturated carbocycles. The molecule has 74 valence electrons. The maximum atomic E-state index is 6.09. The van der Waals surface area contributed by atoms with Crippen LogP contribution in [0.2, 0.25) is 0 Å². The number of amidine groups is 1. The number of rotatable bonds is 3. The zero-order chi connectivity index (χ0) is 10.0. The van der Waals surface area contributed by atoms with Crippen LogP contribution in [0.3, 0.4) is 0 Å². The average Bonchev–Trinajstić information content (AvgIpc) is 2.65. The second-order valence-electron chi connectivity index (χ2n) is 3.24. The highest BCUT2D eigenvalue weighted by molar-refractivity contribution is 6.50. The number of nitrogens with zero attached hydrogens (tertiary/aromatic N) is 4. The third-order valence-corrected chi connectivity index (χ3v) is 2.22. The molecule has 2 heterocycles. The minimum atomic E-state index is -0.785. The van der Waals surface area contributed by atoms with Crippen LogP contribution in [0.4, 0.5) is 0 Å². The van der Waals surface area contributed by atoms with E-state index in [1.165, 1.54) is 12.7 Å². The summed E-state index contributed by atoms with van der Waals surface area (Å²) in [5.41, 5.74) is 11.4. The minimum absolute atomic E-state index is 0.569. The molecule has 0 fully saturated rings. The van der Waals surface area contributed by atoms with Gasteiger partial charge in [-0.3, -0.25) is 0 Å². The van der Waals surface area contributed by atoms with E-state index in [4.69, 9.17) is 11.5 Å². The molecule has 0 aromatic rings. The van der Waals surface area contributed by atoms with E-state index in [1.54, 1.807) is 0 Å². The largest absolute Gasteiger partial charge is 0.330 e. The first-order valence-electron chi connectivity index (χ1n) is 4.48. The van der Waals surface area contributed by atoms with Gasteiger partial charge in [-0.1, -0.05) is 0 Å². The van der Waals surface area contributed by atoms with Gasteiger partial charge in [0.1, 0.15) is 18.4 Å². The third-order valence-electron chi connectivity index (χ3n) is 2.22. The third kappa shape index (κ3) is 1.38. The maximum absolute atomic E-state index is 6.09. The number of hydrogen-bond acceptors (Lipinski definition) is 6. The van der Waals surface area contributed by atoms with Gasteiger partial charge in [-0.15, -0.1) is 0 Å². The zero-order valence-corrected chi connectivity index (χ0v) is 7.72. The van der Waals surface area contributed by atoms with Gasteiger partial charge < -0.3 is 11.5 Å². The monoisotopic (exact) mass is 192 g/mol. The summed E-state index contributed by atoms with van der Waals surface area (Å²) in [5, 5.41) is 0. The Morgan fingerprint density at radius 2 is 2.14 bits per heavy atom. The molecule has 6 nitrogen and oxygen atoms in total. The van der Waals surface area contributed by atoms with Gasteiger partial charge in [0.2, 0.25) is 0 Å². The first kappa shape index (κ1) is 9.17. The normalized spacial score (nSPS) is 28.7. The smallest absolute Gasteiger partial charge is 0.180 e. The fourth-order valence-electron chi connectivity index (χ4n) is 1.46. The van der Waals surface area contributed by atoms with Crippen molar-refractivity contribution in [2.24, 2.45) is 31.4 Å². The quantitative estimate of drug-likeness (QED) is 0.617. The summed E-state index contributed by atoms with van der Waals surface area (Å²) in [5.74, 6) is 0.569. The van der Waals surface area contributed by atoms with Crippen LogP contribution in [0.1, 0.15) is 12.8 Å². The highest BCUT2D eigenvalue weighted by atomic mass is 15.2. The molecule has 0 aliphatic carbocycles. The lowest BCUT2D eigenvalue weighted by atomic mass is 9.98. The van der Waals surface area contributed by atoms with Crippen LogP contribution in [-0.4, -0.2) is 36.4 Å². The van der Waals surface area contributed by atoms with Crippen molar-refractivity contribution in [1.82, 2.24) is 0 Å². The highest BCUT2D eigenvalue weighted by Crippen LogP contribution is 2.19. The van der Waals surface area contributed by atoms with Gasteiger partial charge in [0.25, 0.3) is 0 Å². The Morgan fingerprint density at radius 1 is 1.29 bits per heavy atom. The van der Waals surface area contributed by atoms with Crippen LogP contribution in [0.5, 0.6) is 0 Å². The topological polar surface area (TPSA) is 101 Å². The summed E-state index contributed by atoms with van der Waals surface area (Å²) in [6.07, 6.45) is 4.36. The van der Waals surface area contributed by atoms with E-state index >= 15 is 0 Å². The summed E-state index contributed by atoms with van der Waals surface area (Å²) in [6, 6.07) is 0. The van der Waals surface area contributed by atoms with Crippen LogP contribution in [0.25, 0.3) is 0 Å². The molecule has 0 spiro atoms. The number of aliphatic imine (C=N–C) groups is 4. The molecule has 6 heteroatoms. The Kier molecular flexibility index (Phi) is 2.22. The highest BCUT2D eigenvalue weighted by Gasteiger charge is 2.36. The molecule has 0 bridgehead atoms. The van der Waals surface area contributed by atoms with Crippen molar-refractivity contribution in [2.75, 3.05) is 6.54 Å². The molecule has 0 amide bonds. The predicted molar refractivity (Wildman–Crippen MR) is 57.1 cm³/mol. The first-order valence-corrected chi connectivity index (χ1v) is 4.48. The van der Waals surface area contributed by atoms with E-state index in [-0.39, 0.29) is 0 Å². The lowest BCUT2D eigenvalue weighted by molar-refractivity contribution is 0.529. The Labute approximate surface area is 81.5 Å². The summed E-state index contributed by atoms with van der Waals surface area (Å²) in [6.45, 7) is 0.592. The molecule has 2 aliphatic heterocycles. The van der Waals surface area contributed by atoms with Crippen molar-refractivity contribution in [3.63, 3.8) is 0 Å². The van der Waals surface area contributed by atoms with Gasteiger partial charge in [0.15, 0.2) is 11.5 Å². The molecule has 2 aliphatic rings. The predicted octanol–water partition coefficient (Wildman–Crippen LogP) is -0.696. The maximum Gasteiger partial charge on any atom is 0.180 e. The minimum Gasteiger partial charge on any atom is -0.330 e. The Hall–Kier alpha value is -1.40. The van der Waals surface area contributed by atoms with Gasteiger partial charge in [-0.2, -0.15) is 0 Å². The van der Waals surface area contributed by atoms with Gasteiger partial charge in [-0.05, 0) is 19.4 Å². The molecule has 1 unspecified atom stereocenters. The SMILES string of the molecule is NCCCC1(N)N=CN=C2N=CN=C21. The summed E-state index contributed by atoms with van der Waals surface area (Å²) >= 11 is 0. The van der Waals surface area contributed by atoms with E-state index in [0.29, 0.717) is 24.5 Å². The number of hydrogen-bond donors (Lipinski definition) is 2. The lowest BCUT2D eigenvalue weighted by Crippen LogP contribution is -2.50. The molecule has 14 heavy (non-hydrogen) atoms. The van der Waals surface area contributed by atoms with Crippen LogP contribution in [0, 0.1) is 0 Å². The van der Waals surface area contributed by atoms with Crippen molar-refractivity contribution < 1.29 is 0 Å². The van der Waals surface area contributed by atoms with Gasteiger partial charge >= 0.3 is 0 Å². The van der Waals surface area contributed by atoms with Crippen molar-refractivity contribution in [1.29, 1.82) is 0 Å². The molecular weight excluding hydrogens is 180 g/mol. The van der Waals surface area contributed by atoms with E-state index < -0.39 is 5.66 Å². The number of fused-ring (bicyclic) bond motifs is 1.